The summed E-state index contributed by atoms with van der Waals surface area (Å²) in [5.41, 5.74) is -1.96. The Morgan fingerprint density at radius 2 is 1.44 bits per heavy atom. The van der Waals surface area contributed by atoms with Crippen molar-refractivity contribution in [2.45, 2.75) is 45.3 Å². The molecule has 56 valence electrons. The molecular weight excluding hydrogens is 116 g/mol. The zero-order valence-corrected chi connectivity index (χ0v) is 6.60. The Morgan fingerprint density at radius 1 is 1.11 bits per heavy atom. The molecule has 2 heteroatoms. The number of hydrogen-bond acceptors (Lipinski definition) is 2. The van der Waals surface area contributed by atoms with E-state index in [0.29, 0.717) is 6.42 Å². The molecule has 0 aliphatic rings. The molecule has 0 aliphatic carbocycles. The van der Waals surface area contributed by atoms with Crippen molar-refractivity contribution in [3.63, 3.8) is 0 Å². The molecule has 0 fully saturated rings. The third kappa shape index (κ3) is 1.95. The predicted molar refractivity (Wildman–Crippen MR) is 37.2 cm³/mol. The topological polar surface area (TPSA) is 40.5 Å². The van der Waals surface area contributed by atoms with Gasteiger partial charge in [-0.25, -0.2) is 0 Å². The van der Waals surface area contributed by atoms with Gasteiger partial charge >= 0.3 is 0 Å². The molecule has 9 heavy (non-hydrogen) atoms. The van der Waals surface area contributed by atoms with Crippen LogP contribution in [0.15, 0.2) is 0 Å². The molecule has 2 nitrogen and oxygen atoms in total. The first kappa shape index (κ1) is 8.92. The van der Waals surface area contributed by atoms with Crippen LogP contribution in [0.3, 0.4) is 0 Å². The van der Waals surface area contributed by atoms with Gasteiger partial charge in [-0.1, -0.05) is 6.92 Å². The minimum atomic E-state index is -0.998. The summed E-state index contributed by atoms with van der Waals surface area (Å²) in [4.78, 5) is 0. The van der Waals surface area contributed by atoms with E-state index in [1.807, 2.05) is 6.92 Å². The van der Waals surface area contributed by atoms with Gasteiger partial charge in [-0.2, -0.15) is 0 Å². The molecule has 0 aliphatic heterocycles. The van der Waals surface area contributed by atoms with Crippen LogP contribution in [0.4, 0.5) is 0 Å². The highest BCUT2D eigenvalue weighted by Crippen LogP contribution is 2.23. The Morgan fingerprint density at radius 3 is 1.44 bits per heavy atom. The van der Waals surface area contributed by atoms with Gasteiger partial charge in [-0.15, -0.1) is 0 Å². The summed E-state index contributed by atoms with van der Waals surface area (Å²) in [7, 11) is 0. The third-order valence-corrected chi connectivity index (χ3v) is 2.01. The molecule has 0 saturated carbocycles. The van der Waals surface area contributed by atoms with Crippen molar-refractivity contribution < 1.29 is 10.2 Å². The van der Waals surface area contributed by atoms with E-state index < -0.39 is 11.2 Å². The van der Waals surface area contributed by atoms with E-state index in [4.69, 9.17) is 0 Å². The normalized spacial score (nSPS) is 19.3. The summed E-state index contributed by atoms with van der Waals surface area (Å²) in [6.45, 7) is 6.69. The van der Waals surface area contributed by atoms with Crippen LogP contribution < -0.4 is 0 Å². The summed E-state index contributed by atoms with van der Waals surface area (Å²) in [5, 5.41) is 18.7. The standard InChI is InChI=1S/C7H16O2/c1-5-7(4,9)6(2,3)8/h8-9H,5H2,1-4H3/t7-/m1/s1. The van der Waals surface area contributed by atoms with Crippen LogP contribution in [0.2, 0.25) is 0 Å². The summed E-state index contributed by atoms with van der Waals surface area (Å²) in [6.07, 6.45) is 0.566. The largest absolute Gasteiger partial charge is 0.387 e. The minimum absolute atomic E-state index is 0.566. The lowest BCUT2D eigenvalue weighted by Gasteiger charge is -2.34. The molecule has 0 unspecified atom stereocenters. The van der Waals surface area contributed by atoms with Gasteiger partial charge in [-0.05, 0) is 27.2 Å². The van der Waals surface area contributed by atoms with Gasteiger partial charge in [0.05, 0.1) is 11.2 Å². The van der Waals surface area contributed by atoms with Gasteiger partial charge in [-0.3, -0.25) is 0 Å². The van der Waals surface area contributed by atoms with Gasteiger partial charge in [0.15, 0.2) is 0 Å². The fraction of sp³-hybridized carbons (Fsp3) is 1.00. The molecule has 0 rings (SSSR count). The quantitative estimate of drug-likeness (QED) is 0.586. The molecule has 0 saturated heterocycles. The summed E-state index contributed by atoms with van der Waals surface area (Å²) >= 11 is 0. The van der Waals surface area contributed by atoms with Crippen LogP contribution >= 0.6 is 0 Å². The van der Waals surface area contributed by atoms with Crippen molar-refractivity contribution in [1.82, 2.24) is 0 Å². The van der Waals surface area contributed by atoms with Gasteiger partial charge in [0.25, 0.3) is 0 Å². The summed E-state index contributed by atoms with van der Waals surface area (Å²) < 4.78 is 0. The fourth-order valence-electron chi connectivity index (χ4n) is 0.433. The smallest absolute Gasteiger partial charge is 0.0897 e. The first-order chi connectivity index (χ1) is 3.81. The van der Waals surface area contributed by atoms with Gasteiger partial charge in [0.1, 0.15) is 0 Å². The van der Waals surface area contributed by atoms with Crippen molar-refractivity contribution in [1.29, 1.82) is 0 Å². The maximum absolute atomic E-state index is 9.41. The lowest BCUT2D eigenvalue weighted by molar-refractivity contribution is -0.121. The first-order valence-corrected chi connectivity index (χ1v) is 3.26. The molecule has 0 radical (unpaired) electrons. The lowest BCUT2D eigenvalue weighted by Crippen LogP contribution is -2.46. The Hall–Kier alpha value is -0.0800. The molecule has 2 N–H and O–H groups in total. The number of aliphatic hydroxyl groups is 2. The highest BCUT2D eigenvalue weighted by Gasteiger charge is 2.35. The van der Waals surface area contributed by atoms with E-state index in [-0.39, 0.29) is 0 Å². The zero-order valence-electron chi connectivity index (χ0n) is 6.60. The van der Waals surface area contributed by atoms with Crippen molar-refractivity contribution >= 4 is 0 Å². The first-order valence-electron chi connectivity index (χ1n) is 3.26. The second-order valence-corrected chi connectivity index (χ2v) is 3.19. The Bertz CT molecular complexity index is 89.6. The lowest BCUT2D eigenvalue weighted by atomic mass is 9.86. The molecule has 0 aromatic heterocycles. The van der Waals surface area contributed by atoms with Crippen molar-refractivity contribution in [2.75, 3.05) is 0 Å². The average Bonchev–Trinajstić information content (AvgIpc) is 1.64. The van der Waals surface area contributed by atoms with Crippen molar-refractivity contribution in [3.05, 3.63) is 0 Å². The van der Waals surface area contributed by atoms with Gasteiger partial charge in [0, 0.05) is 0 Å². The molecule has 1 atom stereocenters. The molecule has 0 heterocycles. The van der Waals surface area contributed by atoms with Crippen LogP contribution in [-0.4, -0.2) is 21.4 Å². The second kappa shape index (κ2) is 2.27. The molecule has 0 amide bonds. The third-order valence-electron chi connectivity index (χ3n) is 2.01. The predicted octanol–water partition coefficient (Wildman–Crippen LogP) is 0.918. The van der Waals surface area contributed by atoms with E-state index in [2.05, 4.69) is 0 Å². The Labute approximate surface area is 56.5 Å². The van der Waals surface area contributed by atoms with Crippen LogP contribution in [0, 0.1) is 0 Å². The van der Waals surface area contributed by atoms with E-state index in [0.717, 1.165) is 0 Å². The van der Waals surface area contributed by atoms with Gasteiger partial charge < -0.3 is 10.2 Å². The fourth-order valence-corrected chi connectivity index (χ4v) is 0.433. The molecule has 0 aromatic carbocycles. The van der Waals surface area contributed by atoms with Crippen LogP contribution in [0.1, 0.15) is 34.1 Å². The average molecular weight is 132 g/mol. The highest BCUT2D eigenvalue weighted by molar-refractivity contribution is 4.87. The number of hydrogen-bond donors (Lipinski definition) is 2. The maximum Gasteiger partial charge on any atom is 0.0897 e. The van der Waals surface area contributed by atoms with E-state index in [9.17, 15) is 10.2 Å². The molecular formula is C7H16O2. The summed E-state index contributed by atoms with van der Waals surface area (Å²) in [5.74, 6) is 0. The van der Waals surface area contributed by atoms with E-state index >= 15 is 0 Å². The summed E-state index contributed by atoms with van der Waals surface area (Å²) in [6, 6.07) is 0. The van der Waals surface area contributed by atoms with Crippen LogP contribution in [0.25, 0.3) is 0 Å². The minimum Gasteiger partial charge on any atom is -0.387 e. The highest BCUT2D eigenvalue weighted by atomic mass is 16.3. The van der Waals surface area contributed by atoms with Gasteiger partial charge in [0.2, 0.25) is 0 Å². The Balaban J connectivity index is 4.14. The van der Waals surface area contributed by atoms with Crippen LogP contribution in [0.5, 0.6) is 0 Å². The zero-order chi connectivity index (χ0) is 7.71. The monoisotopic (exact) mass is 132 g/mol. The van der Waals surface area contributed by atoms with Crippen molar-refractivity contribution in [2.24, 2.45) is 0 Å². The van der Waals surface area contributed by atoms with E-state index in [1.54, 1.807) is 20.8 Å². The van der Waals surface area contributed by atoms with Crippen LogP contribution in [-0.2, 0) is 0 Å². The second-order valence-electron chi connectivity index (χ2n) is 3.19. The Kier molecular flexibility index (Phi) is 2.25. The molecule has 0 spiro atoms. The molecule has 0 aromatic rings. The maximum atomic E-state index is 9.41. The number of rotatable bonds is 2. The van der Waals surface area contributed by atoms with Crippen molar-refractivity contribution in [3.8, 4) is 0 Å². The SMILES string of the molecule is CC[C@@](C)(O)C(C)(C)O. The van der Waals surface area contributed by atoms with E-state index in [1.165, 1.54) is 0 Å². The molecule has 0 bridgehead atoms.